The van der Waals surface area contributed by atoms with E-state index in [2.05, 4.69) is 44.8 Å². The lowest BCUT2D eigenvalue weighted by Gasteiger charge is -2.49. The van der Waals surface area contributed by atoms with Crippen LogP contribution < -0.4 is 5.32 Å². The van der Waals surface area contributed by atoms with Crippen LogP contribution in [-0.2, 0) is 4.79 Å². The molecule has 178 valence electrons. The molecule has 1 rings (SSSR count). The van der Waals surface area contributed by atoms with Gasteiger partial charge in [-0.25, -0.2) is 0 Å². The fourth-order valence-corrected chi connectivity index (χ4v) is 5.40. The Hall–Kier alpha value is -0.610. The minimum atomic E-state index is -0.679. The van der Waals surface area contributed by atoms with Crippen molar-refractivity contribution >= 4 is 5.97 Å². The number of aliphatic carboxylic acids is 1. The van der Waals surface area contributed by atoms with Gasteiger partial charge in [-0.3, -0.25) is 9.69 Å². The number of rotatable bonds is 17. The molecule has 0 aromatic carbocycles. The van der Waals surface area contributed by atoms with Crippen molar-refractivity contribution in [3.63, 3.8) is 0 Å². The molecule has 1 heterocycles. The Bertz CT molecular complexity index is 446. The van der Waals surface area contributed by atoms with Crippen LogP contribution in [0.1, 0.15) is 131 Å². The highest BCUT2D eigenvalue weighted by atomic mass is 16.4. The maximum Gasteiger partial charge on any atom is 0.304 e. The number of carboxylic acid groups (broad SMARTS) is 1. The summed E-state index contributed by atoms with van der Waals surface area (Å²) in [6.07, 6.45) is 18.8. The highest BCUT2D eigenvalue weighted by Gasteiger charge is 2.39. The van der Waals surface area contributed by atoms with E-state index in [-0.39, 0.29) is 17.5 Å². The van der Waals surface area contributed by atoms with Gasteiger partial charge < -0.3 is 10.4 Å². The lowest BCUT2D eigenvalue weighted by molar-refractivity contribution is -0.137. The molecular formula is C26H52N2O2. The Morgan fingerprint density at radius 1 is 0.800 bits per heavy atom. The van der Waals surface area contributed by atoms with Crippen molar-refractivity contribution in [3.05, 3.63) is 0 Å². The highest BCUT2D eigenvalue weighted by molar-refractivity contribution is 5.66. The number of unbranched alkanes of at least 4 members (excludes halogenated alkanes) is 11. The van der Waals surface area contributed by atoms with Gasteiger partial charge in [0.2, 0.25) is 0 Å². The number of nitrogens with zero attached hydrogens (tertiary/aromatic N) is 1. The maximum atomic E-state index is 11.2. The van der Waals surface area contributed by atoms with Gasteiger partial charge in [0.05, 0.1) is 6.42 Å². The predicted octanol–water partition coefficient (Wildman–Crippen LogP) is 6.77. The molecule has 0 aliphatic carbocycles. The van der Waals surface area contributed by atoms with Crippen LogP contribution in [0.3, 0.4) is 0 Å². The van der Waals surface area contributed by atoms with Gasteiger partial charge in [0.1, 0.15) is 0 Å². The topological polar surface area (TPSA) is 52.6 Å². The van der Waals surface area contributed by atoms with Gasteiger partial charge in [-0.15, -0.1) is 0 Å². The average Bonchev–Trinajstić information content (AvgIpc) is 2.62. The van der Waals surface area contributed by atoms with Crippen molar-refractivity contribution in [2.75, 3.05) is 13.1 Å². The summed E-state index contributed by atoms with van der Waals surface area (Å²) >= 11 is 0. The first-order valence-corrected chi connectivity index (χ1v) is 12.9. The van der Waals surface area contributed by atoms with E-state index in [1.807, 2.05) is 0 Å². The Labute approximate surface area is 187 Å². The van der Waals surface area contributed by atoms with E-state index in [0.29, 0.717) is 12.6 Å². The van der Waals surface area contributed by atoms with Gasteiger partial charge in [0, 0.05) is 23.7 Å². The van der Waals surface area contributed by atoms with Gasteiger partial charge in [-0.1, -0.05) is 77.6 Å². The first kappa shape index (κ1) is 27.4. The molecule has 2 N–H and O–H groups in total. The Morgan fingerprint density at radius 3 is 1.67 bits per heavy atom. The normalized spacial score (nSPS) is 18.7. The summed E-state index contributed by atoms with van der Waals surface area (Å²) in [5, 5.41) is 13.0. The number of nitrogens with one attached hydrogen (secondary N) is 1. The zero-order valence-corrected chi connectivity index (χ0v) is 20.9. The maximum absolute atomic E-state index is 11.2. The van der Waals surface area contributed by atoms with Crippen LogP contribution in [0.4, 0.5) is 0 Å². The molecule has 30 heavy (non-hydrogen) atoms. The molecule has 0 atom stereocenters. The van der Waals surface area contributed by atoms with Crippen LogP contribution in [0.25, 0.3) is 0 Å². The molecule has 4 heteroatoms. The second kappa shape index (κ2) is 14.5. The summed E-state index contributed by atoms with van der Waals surface area (Å²) in [7, 11) is 0. The first-order chi connectivity index (χ1) is 14.2. The van der Waals surface area contributed by atoms with E-state index in [4.69, 9.17) is 0 Å². The predicted molar refractivity (Wildman–Crippen MR) is 129 cm³/mol. The van der Waals surface area contributed by atoms with Crippen molar-refractivity contribution in [2.24, 2.45) is 0 Å². The molecule has 0 saturated carbocycles. The minimum Gasteiger partial charge on any atom is -0.481 e. The van der Waals surface area contributed by atoms with E-state index in [9.17, 15) is 9.90 Å². The zero-order chi connectivity index (χ0) is 22.5. The third-order valence-electron chi connectivity index (χ3n) is 6.60. The molecule has 0 bridgehead atoms. The molecule has 0 amide bonds. The summed E-state index contributed by atoms with van der Waals surface area (Å²) < 4.78 is 0. The van der Waals surface area contributed by atoms with Gasteiger partial charge in [0.25, 0.3) is 0 Å². The second-order valence-corrected chi connectivity index (χ2v) is 11.0. The summed E-state index contributed by atoms with van der Waals surface area (Å²) in [5.74, 6) is -0.679. The largest absolute Gasteiger partial charge is 0.481 e. The van der Waals surface area contributed by atoms with Crippen LogP contribution in [0.5, 0.6) is 0 Å². The van der Waals surface area contributed by atoms with E-state index in [0.717, 1.165) is 19.4 Å². The zero-order valence-electron chi connectivity index (χ0n) is 20.9. The lowest BCUT2D eigenvalue weighted by Crippen LogP contribution is -2.62. The van der Waals surface area contributed by atoms with Crippen LogP contribution in [0.2, 0.25) is 0 Å². The van der Waals surface area contributed by atoms with Crippen LogP contribution >= 0.6 is 0 Å². The van der Waals surface area contributed by atoms with Crippen molar-refractivity contribution in [1.29, 1.82) is 0 Å². The van der Waals surface area contributed by atoms with Gasteiger partial charge in [-0.05, 0) is 53.5 Å². The molecule has 1 aliphatic heterocycles. The van der Waals surface area contributed by atoms with Crippen LogP contribution in [0, 0.1) is 0 Å². The molecule has 4 nitrogen and oxygen atoms in total. The molecule has 1 aliphatic rings. The SMILES string of the molecule is CCCCCCCCCCCCCCN(CCC(=O)O)C1CC(C)(C)NC(C)(C)C1. The smallest absolute Gasteiger partial charge is 0.304 e. The Morgan fingerprint density at radius 2 is 1.23 bits per heavy atom. The average molecular weight is 425 g/mol. The molecular weight excluding hydrogens is 372 g/mol. The fraction of sp³-hybridized carbons (Fsp3) is 0.962. The van der Waals surface area contributed by atoms with E-state index in [1.54, 1.807) is 0 Å². The third kappa shape index (κ3) is 12.9. The lowest BCUT2D eigenvalue weighted by atomic mass is 9.79. The van der Waals surface area contributed by atoms with E-state index in [1.165, 1.54) is 77.0 Å². The third-order valence-corrected chi connectivity index (χ3v) is 6.60. The summed E-state index contributed by atoms with van der Waals surface area (Å²) in [4.78, 5) is 13.7. The van der Waals surface area contributed by atoms with Gasteiger partial charge in [-0.2, -0.15) is 0 Å². The fourth-order valence-electron chi connectivity index (χ4n) is 5.40. The molecule has 1 fully saturated rings. The quantitative estimate of drug-likeness (QED) is 0.253. The molecule has 0 aromatic heterocycles. The van der Waals surface area contributed by atoms with Crippen molar-refractivity contribution in [1.82, 2.24) is 10.2 Å². The van der Waals surface area contributed by atoms with Gasteiger partial charge in [0.15, 0.2) is 0 Å². The Balaban J connectivity index is 2.27. The van der Waals surface area contributed by atoms with Crippen LogP contribution in [0.15, 0.2) is 0 Å². The van der Waals surface area contributed by atoms with E-state index >= 15 is 0 Å². The molecule has 1 saturated heterocycles. The number of piperidine rings is 1. The number of carbonyl (C=O) groups is 1. The summed E-state index contributed by atoms with van der Waals surface area (Å²) in [5.41, 5.74) is 0.203. The monoisotopic (exact) mass is 424 g/mol. The number of carboxylic acids is 1. The molecule has 0 unspecified atom stereocenters. The first-order valence-electron chi connectivity index (χ1n) is 12.9. The van der Waals surface area contributed by atoms with Gasteiger partial charge >= 0.3 is 5.97 Å². The summed E-state index contributed by atoms with van der Waals surface area (Å²) in [6.45, 7) is 13.1. The molecule has 0 spiro atoms. The summed E-state index contributed by atoms with van der Waals surface area (Å²) in [6, 6.07) is 0.475. The van der Waals surface area contributed by atoms with Crippen molar-refractivity contribution in [3.8, 4) is 0 Å². The van der Waals surface area contributed by atoms with Crippen molar-refractivity contribution < 1.29 is 9.90 Å². The van der Waals surface area contributed by atoms with Crippen LogP contribution in [-0.4, -0.2) is 46.2 Å². The standard InChI is InChI=1S/C26H52N2O2/c1-6-7-8-9-10-11-12-13-14-15-16-17-19-28(20-18-24(29)30)23-21-25(2,3)27-26(4,5)22-23/h23,27H,6-22H2,1-5H3,(H,29,30). The molecule has 0 aromatic rings. The number of hydrogen-bond acceptors (Lipinski definition) is 3. The molecule has 0 radical (unpaired) electrons. The van der Waals surface area contributed by atoms with Crippen molar-refractivity contribution in [2.45, 2.75) is 148 Å². The van der Waals surface area contributed by atoms with E-state index < -0.39 is 5.97 Å². The highest BCUT2D eigenvalue weighted by Crippen LogP contribution is 2.32. The minimum absolute atomic E-state index is 0.102. The second-order valence-electron chi connectivity index (χ2n) is 11.0. The Kier molecular flexibility index (Phi) is 13.2. The number of hydrogen-bond donors (Lipinski definition) is 2.